The second-order valence-corrected chi connectivity index (χ2v) is 7.43. The van der Waals surface area contributed by atoms with Crippen molar-refractivity contribution in [3.63, 3.8) is 0 Å². The second-order valence-electron chi connectivity index (χ2n) is 7.43. The quantitative estimate of drug-likeness (QED) is 0.910. The summed E-state index contributed by atoms with van der Waals surface area (Å²) in [5.41, 5.74) is -0.454. The summed E-state index contributed by atoms with van der Waals surface area (Å²) in [7, 11) is 0. The van der Waals surface area contributed by atoms with Crippen molar-refractivity contribution in [2.24, 2.45) is 0 Å². The van der Waals surface area contributed by atoms with Crippen LogP contribution in [-0.2, 0) is 10.3 Å². The molecule has 0 atom stereocenters. The Labute approximate surface area is 147 Å². The van der Waals surface area contributed by atoms with E-state index in [-0.39, 0.29) is 0 Å². The zero-order valence-electron chi connectivity index (χ0n) is 14.9. The number of hydrogen-bond acceptors (Lipinski definition) is 6. The lowest BCUT2D eigenvalue weighted by atomic mass is 9.81. The van der Waals surface area contributed by atoms with E-state index >= 15 is 0 Å². The lowest BCUT2D eigenvalue weighted by Gasteiger charge is -2.35. The zero-order valence-corrected chi connectivity index (χ0v) is 14.9. The third-order valence-electron chi connectivity index (χ3n) is 4.20. The van der Waals surface area contributed by atoms with E-state index < -0.39 is 17.2 Å². The predicted molar refractivity (Wildman–Crippen MR) is 91.7 cm³/mol. The number of alkyl carbamates (subject to hydrolysis) is 1. The van der Waals surface area contributed by atoms with Gasteiger partial charge in [-0.15, -0.1) is 0 Å². The molecule has 3 rings (SSSR count). The number of ether oxygens (including phenoxy) is 1. The van der Waals surface area contributed by atoms with Crippen LogP contribution in [-0.4, -0.2) is 26.8 Å². The van der Waals surface area contributed by atoms with E-state index in [1.807, 2.05) is 32.9 Å². The first-order chi connectivity index (χ1) is 11.9. The maximum atomic E-state index is 12.3. The molecule has 0 aromatic carbocycles. The minimum atomic E-state index is -0.673. The summed E-state index contributed by atoms with van der Waals surface area (Å²) in [6.45, 7) is 5.52. The molecule has 7 nitrogen and oxygen atoms in total. The fraction of sp³-hybridized carbons (Fsp3) is 0.556. The van der Waals surface area contributed by atoms with Crippen molar-refractivity contribution in [1.82, 2.24) is 20.4 Å². The van der Waals surface area contributed by atoms with E-state index in [2.05, 4.69) is 20.4 Å². The molecular formula is C18H24N4O3. The fourth-order valence-corrected chi connectivity index (χ4v) is 3.08. The van der Waals surface area contributed by atoms with Gasteiger partial charge in [-0.3, -0.25) is 4.98 Å². The summed E-state index contributed by atoms with van der Waals surface area (Å²) in [5.74, 6) is 0.899. The van der Waals surface area contributed by atoms with Gasteiger partial charge in [-0.1, -0.05) is 24.4 Å². The molecule has 0 spiro atoms. The molecule has 7 heteroatoms. The minimum absolute atomic E-state index is 0.428. The largest absolute Gasteiger partial charge is 0.444 e. The number of amides is 1. The van der Waals surface area contributed by atoms with Crippen LogP contribution in [0.1, 0.15) is 58.8 Å². The van der Waals surface area contributed by atoms with Gasteiger partial charge in [-0.2, -0.15) is 4.98 Å². The molecule has 0 bridgehead atoms. The maximum absolute atomic E-state index is 12.3. The minimum Gasteiger partial charge on any atom is -0.444 e. The van der Waals surface area contributed by atoms with Gasteiger partial charge in [-0.25, -0.2) is 4.79 Å². The molecule has 0 radical (unpaired) electrons. The van der Waals surface area contributed by atoms with Crippen LogP contribution in [0.15, 0.2) is 29.0 Å². The monoisotopic (exact) mass is 344 g/mol. The lowest BCUT2D eigenvalue weighted by molar-refractivity contribution is 0.0384. The topological polar surface area (TPSA) is 90.1 Å². The molecule has 1 amide bonds. The number of carbonyl (C=O) groups excluding carboxylic acids is 1. The van der Waals surface area contributed by atoms with Gasteiger partial charge in [0.05, 0.1) is 0 Å². The summed E-state index contributed by atoms with van der Waals surface area (Å²) >= 11 is 0. The molecule has 1 aliphatic carbocycles. The lowest BCUT2D eigenvalue weighted by Crippen LogP contribution is -2.49. The zero-order chi connectivity index (χ0) is 17.9. The summed E-state index contributed by atoms with van der Waals surface area (Å²) < 4.78 is 11.0. The van der Waals surface area contributed by atoms with Crippen LogP contribution in [0.3, 0.4) is 0 Å². The summed E-state index contributed by atoms with van der Waals surface area (Å²) in [6, 6.07) is 3.69. The fourth-order valence-electron chi connectivity index (χ4n) is 3.08. The highest BCUT2D eigenvalue weighted by Gasteiger charge is 2.41. The van der Waals surface area contributed by atoms with Gasteiger partial charge in [0, 0.05) is 18.0 Å². The van der Waals surface area contributed by atoms with E-state index in [1.54, 1.807) is 12.4 Å². The van der Waals surface area contributed by atoms with Crippen molar-refractivity contribution in [2.45, 2.75) is 64.0 Å². The molecule has 1 aliphatic rings. The van der Waals surface area contributed by atoms with Gasteiger partial charge < -0.3 is 14.6 Å². The average Bonchev–Trinajstić information content (AvgIpc) is 3.05. The summed E-state index contributed by atoms with van der Waals surface area (Å²) in [5, 5.41) is 7.07. The van der Waals surface area contributed by atoms with Crippen LogP contribution >= 0.6 is 0 Å². The van der Waals surface area contributed by atoms with E-state index in [4.69, 9.17) is 9.26 Å². The highest BCUT2D eigenvalue weighted by molar-refractivity contribution is 5.69. The smallest absolute Gasteiger partial charge is 0.408 e. The van der Waals surface area contributed by atoms with Crippen LogP contribution in [0.5, 0.6) is 0 Å². The molecule has 25 heavy (non-hydrogen) atoms. The van der Waals surface area contributed by atoms with Crippen LogP contribution in [0, 0.1) is 0 Å². The van der Waals surface area contributed by atoms with Gasteiger partial charge in [0.2, 0.25) is 5.82 Å². The normalized spacial score (nSPS) is 17.1. The van der Waals surface area contributed by atoms with Crippen molar-refractivity contribution in [1.29, 1.82) is 0 Å². The Balaban J connectivity index is 1.86. The SMILES string of the molecule is CC(C)(C)OC(=O)NC1(c2nc(-c3cccnc3)no2)CCCCC1. The molecular weight excluding hydrogens is 320 g/mol. The number of hydrogen-bond donors (Lipinski definition) is 1. The summed E-state index contributed by atoms with van der Waals surface area (Å²) in [6.07, 6.45) is 7.51. The molecule has 0 saturated heterocycles. The van der Waals surface area contributed by atoms with Gasteiger partial charge in [-0.05, 0) is 45.7 Å². The number of aromatic nitrogens is 3. The number of carbonyl (C=O) groups is 1. The highest BCUT2D eigenvalue weighted by atomic mass is 16.6. The molecule has 2 aromatic rings. The first-order valence-electron chi connectivity index (χ1n) is 8.64. The Morgan fingerprint density at radius 2 is 2.04 bits per heavy atom. The number of nitrogens with one attached hydrogen (secondary N) is 1. The van der Waals surface area contributed by atoms with Crippen molar-refractivity contribution in [2.75, 3.05) is 0 Å². The van der Waals surface area contributed by atoms with Gasteiger partial charge in [0.25, 0.3) is 5.89 Å². The van der Waals surface area contributed by atoms with E-state index in [1.165, 1.54) is 0 Å². The standard InChI is InChI=1S/C18H24N4O3/c1-17(2,3)24-16(23)21-18(9-5-4-6-10-18)15-20-14(22-25-15)13-8-7-11-19-12-13/h7-8,11-12H,4-6,9-10H2,1-3H3,(H,21,23). The second kappa shape index (κ2) is 6.82. The predicted octanol–water partition coefficient (Wildman–Crippen LogP) is 3.82. The van der Waals surface area contributed by atoms with Crippen LogP contribution < -0.4 is 5.32 Å². The first-order valence-corrected chi connectivity index (χ1v) is 8.64. The Morgan fingerprint density at radius 1 is 1.28 bits per heavy atom. The number of rotatable bonds is 3. The van der Waals surface area contributed by atoms with E-state index in [0.717, 1.165) is 37.7 Å². The Morgan fingerprint density at radius 3 is 2.68 bits per heavy atom. The maximum Gasteiger partial charge on any atom is 0.408 e. The Bertz CT molecular complexity index is 715. The van der Waals surface area contributed by atoms with Crippen molar-refractivity contribution < 1.29 is 14.1 Å². The highest BCUT2D eigenvalue weighted by Crippen LogP contribution is 2.37. The Kier molecular flexibility index (Phi) is 4.74. The third-order valence-corrected chi connectivity index (χ3v) is 4.20. The molecule has 1 saturated carbocycles. The van der Waals surface area contributed by atoms with Crippen molar-refractivity contribution >= 4 is 6.09 Å². The van der Waals surface area contributed by atoms with Crippen LogP contribution in [0.4, 0.5) is 4.79 Å². The Hall–Kier alpha value is -2.44. The number of nitrogens with zero attached hydrogens (tertiary/aromatic N) is 3. The van der Waals surface area contributed by atoms with E-state index in [9.17, 15) is 4.79 Å². The van der Waals surface area contributed by atoms with Gasteiger partial charge in [0.15, 0.2) is 0 Å². The van der Waals surface area contributed by atoms with Crippen LogP contribution in [0.2, 0.25) is 0 Å². The van der Waals surface area contributed by atoms with Gasteiger partial charge >= 0.3 is 6.09 Å². The summed E-state index contributed by atoms with van der Waals surface area (Å²) in [4.78, 5) is 21.0. The molecule has 0 unspecified atom stereocenters. The number of pyridine rings is 1. The van der Waals surface area contributed by atoms with Crippen molar-refractivity contribution in [3.05, 3.63) is 30.4 Å². The van der Waals surface area contributed by atoms with Crippen LogP contribution in [0.25, 0.3) is 11.4 Å². The van der Waals surface area contributed by atoms with Gasteiger partial charge in [0.1, 0.15) is 11.1 Å². The molecule has 2 heterocycles. The molecule has 1 N–H and O–H groups in total. The molecule has 1 fully saturated rings. The third kappa shape index (κ3) is 4.15. The van der Waals surface area contributed by atoms with E-state index in [0.29, 0.717) is 11.7 Å². The molecule has 0 aliphatic heterocycles. The average molecular weight is 344 g/mol. The molecule has 2 aromatic heterocycles. The first kappa shape index (κ1) is 17.4. The molecule has 134 valence electrons. The van der Waals surface area contributed by atoms with Crippen molar-refractivity contribution in [3.8, 4) is 11.4 Å².